The molecule has 0 saturated heterocycles. The van der Waals surface area contributed by atoms with Crippen molar-refractivity contribution in [3.05, 3.63) is 24.0 Å². The first-order valence-electron chi connectivity index (χ1n) is 6.13. The number of halogens is 1. The summed E-state index contributed by atoms with van der Waals surface area (Å²) in [6.45, 7) is 3.22. The lowest BCUT2D eigenvalue weighted by Crippen LogP contribution is -2.36. The topological polar surface area (TPSA) is 104 Å². The van der Waals surface area contributed by atoms with Gasteiger partial charge in [-0.25, -0.2) is 17.5 Å². The van der Waals surface area contributed by atoms with Gasteiger partial charge in [0.2, 0.25) is 0 Å². The minimum absolute atomic E-state index is 0.0224. The van der Waals surface area contributed by atoms with Crippen molar-refractivity contribution in [2.75, 3.05) is 12.0 Å². The van der Waals surface area contributed by atoms with Crippen LogP contribution in [0, 0.1) is 5.82 Å². The van der Waals surface area contributed by atoms with Gasteiger partial charge in [0.05, 0.1) is 17.0 Å². The lowest BCUT2D eigenvalue weighted by molar-refractivity contribution is 0.471. The molecule has 0 spiro atoms. The minimum atomic E-state index is -3.30. The average molecular weight is 313 g/mol. The van der Waals surface area contributed by atoms with Gasteiger partial charge in [-0.2, -0.15) is 0 Å². The summed E-state index contributed by atoms with van der Waals surface area (Å²) >= 11 is 0. The van der Waals surface area contributed by atoms with E-state index >= 15 is 0 Å². The van der Waals surface area contributed by atoms with Gasteiger partial charge in [0, 0.05) is 11.8 Å². The minimum Gasteiger partial charge on any atom is -0.396 e. The van der Waals surface area contributed by atoms with E-state index in [1.807, 2.05) is 0 Å². The van der Waals surface area contributed by atoms with Crippen molar-refractivity contribution in [3.8, 4) is 11.4 Å². The molecule has 0 unspecified atom stereocenters. The second-order valence-corrected chi connectivity index (χ2v) is 8.08. The Hall–Kier alpha value is -2.03. The first-order valence-corrected chi connectivity index (χ1v) is 8.02. The molecule has 0 radical (unpaired) electrons. The number of nitrogens with two attached hydrogens (primary N) is 1. The maximum Gasteiger partial charge on any atom is 0.182 e. The molecule has 1 aromatic carbocycles. The molecular formula is C12H16FN5O2S. The van der Waals surface area contributed by atoms with Crippen LogP contribution in [-0.4, -0.2) is 39.6 Å². The number of hydrogen-bond acceptors (Lipinski definition) is 6. The van der Waals surface area contributed by atoms with Crippen molar-refractivity contribution >= 4 is 15.5 Å². The molecule has 0 aliphatic carbocycles. The summed E-state index contributed by atoms with van der Waals surface area (Å²) in [5, 5.41) is 11.1. The van der Waals surface area contributed by atoms with Gasteiger partial charge in [0.1, 0.15) is 5.82 Å². The highest BCUT2D eigenvalue weighted by Gasteiger charge is 2.32. The van der Waals surface area contributed by atoms with Gasteiger partial charge in [-0.15, -0.1) is 5.10 Å². The number of nitrogens with zero attached hydrogens (tertiary/aromatic N) is 4. The summed E-state index contributed by atoms with van der Waals surface area (Å²) in [6.07, 6.45) is 1.15. The SMILES string of the molecule is CC(C)(Cn1nnnc1-c1ccc(N)c(F)c1)S(C)(=O)=O. The fraction of sp³-hybridized carbons (Fsp3) is 0.417. The van der Waals surface area contributed by atoms with E-state index in [1.165, 1.54) is 16.8 Å². The maximum absolute atomic E-state index is 13.5. The zero-order valence-electron chi connectivity index (χ0n) is 11.9. The van der Waals surface area contributed by atoms with E-state index in [-0.39, 0.29) is 18.1 Å². The number of sulfone groups is 1. The Balaban J connectivity index is 2.42. The zero-order chi connectivity index (χ0) is 15.8. The molecule has 114 valence electrons. The normalized spacial score (nSPS) is 12.6. The molecule has 0 bridgehead atoms. The average Bonchev–Trinajstić information content (AvgIpc) is 2.78. The second-order valence-electron chi connectivity index (χ2n) is 5.43. The van der Waals surface area contributed by atoms with Crippen molar-refractivity contribution in [1.82, 2.24) is 20.2 Å². The third-order valence-corrected chi connectivity index (χ3v) is 5.46. The maximum atomic E-state index is 13.5. The van der Waals surface area contributed by atoms with Crippen molar-refractivity contribution < 1.29 is 12.8 Å². The zero-order valence-corrected chi connectivity index (χ0v) is 12.7. The molecule has 9 heteroatoms. The van der Waals surface area contributed by atoms with Crippen molar-refractivity contribution in [2.45, 2.75) is 25.1 Å². The van der Waals surface area contributed by atoms with Crippen molar-refractivity contribution in [3.63, 3.8) is 0 Å². The van der Waals surface area contributed by atoms with E-state index in [9.17, 15) is 12.8 Å². The Labute approximate surface area is 121 Å². The number of rotatable bonds is 4. The summed E-state index contributed by atoms with van der Waals surface area (Å²) in [5.41, 5.74) is 5.88. The van der Waals surface area contributed by atoms with Crippen LogP contribution in [0.25, 0.3) is 11.4 Å². The first-order chi connectivity index (χ1) is 9.62. The van der Waals surface area contributed by atoms with E-state index in [4.69, 9.17) is 5.73 Å². The van der Waals surface area contributed by atoms with Gasteiger partial charge in [0.25, 0.3) is 0 Å². The fourth-order valence-electron chi connectivity index (χ4n) is 1.66. The summed E-state index contributed by atoms with van der Waals surface area (Å²) in [7, 11) is -3.30. The molecule has 2 aromatic rings. The smallest absolute Gasteiger partial charge is 0.182 e. The van der Waals surface area contributed by atoms with Crippen LogP contribution in [0.15, 0.2) is 18.2 Å². The Morgan fingerprint density at radius 2 is 2.05 bits per heavy atom. The lowest BCUT2D eigenvalue weighted by Gasteiger charge is -2.22. The van der Waals surface area contributed by atoms with Crippen LogP contribution in [-0.2, 0) is 16.4 Å². The molecule has 1 heterocycles. The predicted molar refractivity (Wildman–Crippen MR) is 76.5 cm³/mol. The summed E-state index contributed by atoms with van der Waals surface area (Å²) in [4.78, 5) is 0. The number of anilines is 1. The van der Waals surface area contributed by atoms with Crippen LogP contribution in [0.5, 0.6) is 0 Å². The highest BCUT2D eigenvalue weighted by atomic mass is 32.2. The summed E-state index contributed by atoms with van der Waals surface area (Å²) < 4.78 is 37.4. The standard InChI is InChI=1S/C12H16FN5O2S/c1-12(2,21(3,19)20)7-18-11(15-16-17-18)8-4-5-10(14)9(13)6-8/h4-6H,7,14H2,1-3H3. The van der Waals surface area contributed by atoms with Crippen molar-refractivity contribution in [2.24, 2.45) is 0 Å². The molecule has 7 nitrogen and oxygen atoms in total. The third-order valence-electron chi connectivity index (χ3n) is 3.32. The van der Waals surface area contributed by atoms with Crippen LogP contribution in [0.4, 0.5) is 10.1 Å². The number of benzene rings is 1. The van der Waals surface area contributed by atoms with Crippen LogP contribution < -0.4 is 5.73 Å². The van der Waals surface area contributed by atoms with E-state index in [2.05, 4.69) is 15.5 Å². The van der Waals surface area contributed by atoms with Crippen LogP contribution in [0.2, 0.25) is 0 Å². The molecule has 21 heavy (non-hydrogen) atoms. The number of tetrazole rings is 1. The van der Waals surface area contributed by atoms with E-state index in [0.717, 1.165) is 6.26 Å². The highest BCUT2D eigenvalue weighted by molar-refractivity contribution is 7.92. The molecule has 2 rings (SSSR count). The molecule has 1 aromatic heterocycles. The molecule has 0 aliphatic heterocycles. The molecule has 2 N–H and O–H groups in total. The first kappa shape index (κ1) is 15.4. The quantitative estimate of drug-likeness (QED) is 0.840. The van der Waals surface area contributed by atoms with Crippen LogP contribution in [0.1, 0.15) is 13.8 Å². The largest absolute Gasteiger partial charge is 0.396 e. The highest BCUT2D eigenvalue weighted by Crippen LogP contribution is 2.23. The Morgan fingerprint density at radius 3 is 2.62 bits per heavy atom. The Morgan fingerprint density at radius 1 is 1.38 bits per heavy atom. The molecule has 0 atom stereocenters. The monoisotopic (exact) mass is 313 g/mol. The van der Waals surface area contributed by atoms with Gasteiger partial charge in [-0.1, -0.05) is 0 Å². The number of aromatic nitrogens is 4. The van der Waals surface area contributed by atoms with Gasteiger partial charge in [0.15, 0.2) is 15.7 Å². The van der Waals surface area contributed by atoms with Gasteiger partial charge >= 0.3 is 0 Å². The Kier molecular flexibility index (Phi) is 3.70. The lowest BCUT2D eigenvalue weighted by atomic mass is 10.1. The Bertz CT molecular complexity index is 770. The fourth-order valence-corrected chi connectivity index (χ4v) is 2.02. The molecule has 0 fully saturated rings. The van der Waals surface area contributed by atoms with Crippen LogP contribution >= 0.6 is 0 Å². The molecule has 0 saturated carbocycles. The third kappa shape index (κ3) is 3.02. The van der Waals surface area contributed by atoms with E-state index < -0.39 is 20.4 Å². The summed E-state index contributed by atoms with van der Waals surface area (Å²) in [6, 6.07) is 4.20. The van der Waals surface area contributed by atoms with Crippen molar-refractivity contribution in [1.29, 1.82) is 0 Å². The second kappa shape index (κ2) is 5.06. The van der Waals surface area contributed by atoms with Crippen LogP contribution in [0.3, 0.4) is 0 Å². The van der Waals surface area contributed by atoms with E-state index in [1.54, 1.807) is 19.9 Å². The number of nitrogen functional groups attached to an aromatic ring is 1. The molecule has 0 amide bonds. The number of hydrogen-bond donors (Lipinski definition) is 1. The van der Waals surface area contributed by atoms with Gasteiger partial charge in [-0.3, -0.25) is 0 Å². The molecule has 0 aliphatic rings. The molecular weight excluding hydrogens is 297 g/mol. The summed E-state index contributed by atoms with van der Waals surface area (Å²) in [5.74, 6) is -0.296. The van der Waals surface area contributed by atoms with E-state index in [0.29, 0.717) is 5.56 Å². The predicted octanol–water partition coefficient (Wildman–Crippen LogP) is 0.885. The van der Waals surface area contributed by atoms with Gasteiger partial charge in [-0.05, 0) is 42.5 Å². The van der Waals surface area contributed by atoms with Gasteiger partial charge < -0.3 is 5.73 Å².